The van der Waals surface area contributed by atoms with Crippen molar-refractivity contribution in [3.05, 3.63) is 0 Å². The average Bonchev–Trinajstić information content (AvgIpc) is 2.36. The predicted molar refractivity (Wildman–Crippen MR) is 68.1 cm³/mol. The van der Waals surface area contributed by atoms with Crippen LogP contribution in [0.2, 0.25) is 0 Å². The summed E-state index contributed by atoms with van der Waals surface area (Å²) in [7, 11) is 0. The van der Waals surface area contributed by atoms with E-state index >= 15 is 0 Å². The summed E-state index contributed by atoms with van der Waals surface area (Å²) in [5.74, 6) is 0.933. The van der Waals surface area contributed by atoms with Crippen molar-refractivity contribution in [2.45, 2.75) is 57.6 Å². The monoisotopic (exact) mass is 243 g/mol. The molecule has 5 nitrogen and oxygen atoms in total. The maximum Gasteiger partial charge on any atom is 0.140 e. The molecule has 5 N–H and O–H groups in total. The van der Waals surface area contributed by atoms with Crippen molar-refractivity contribution in [3.8, 4) is 0 Å². The van der Waals surface area contributed by atoms with Crippen LogP contribution in [-0.4, -0.2) is 34.8 Å². The van der Waals surface area contributed by atoms with Gasteiger partial charge in [-0.25, -0.2) is 0 Å². The van der Waals surface area contributed by atoms with E-state index in [-0.39, 0.29) is 18.0 Å². The van der Waals surface area contributed by atoms with Crippen LogP contribution in [0.5, 0.6) is 0 Å². The minimum atomic E-state index is -0.0922. The van der Waals surface area contributed by atoms with Crippen LogP contribution >= 0.6 is 0 Å². The molecule has 0 heterocycles. The number of oxime groups is 1. The largest absolute Gasteiger partial charge is 0.409 e. The molecular weight excluding hydrogens is 218 g/mol. The number of hydrogen-bond acceptors (Lipinski definition) is 4. The molecule has 0 spiro atoms. The van der Waals surface area contributed by atoms with Crippen LogP contribution in [0.25, 0.3) is 0 Å². The van der Waals surface area contributed by atoms with Crippen LogP contribution < -0.4 is 11.1 Å². The summed E-state index contributed by atoms with van der Waals surface area (Å²) < 4.78 is 0. The third-order valence-corrected chi connectivity index (χ3v) is 3.59. The number of aliphatic hydroxyl groups is 1. The molecule has 1 aliphatic carbocycles. The number of hydrogen-bond donors (Lipinski definition) is 4. The lowest BCUT2D eigenvalue weighted by Crippen LogP contribution is -2.37. The lowest BCUT2D eigenvalue weighted by molar-refractivity contribution is 0.107. The van der Waals surface area contributed by atoms with Gasteiger partial charge in [-0.3, -0.25) is 0 Å². The van der Waals surface area contributed by atoms with Gasteiger partial charge in [0, 0.05) is 12.5 Å². The van der Waals surface area contributed by atoms with Gasteiger partial charge in [0.2, 0.25) is 0 Å². The third kappa shape index (κ3) is 5.37. The van der Waals surface area contributed by atoms with E-state index in [1.165, 1.54) is 0 Å². The van der Waals surface area contributed by atoms with Crippen LogP contribution in [0.4, 0.5) is 0 Å². The highest BCUT2D eigenvalue weighted by Gasteiger charge is 2.20. The van der Waals surface area contributed by atoms with Gasteiger partial charge >= 0.3 is 0 Å². The second-order valence-electron chi connectivity index (χ2n) is 4.98. The summed E-state index contributed by atoms with van der Waals surface area (Å²) in [6, 6.07) is 0.276. The van der Waals surface area contributed by atoms with E-state index in [1.54, 1.807) is 0 Å². The Bertz CT molecular complexity index is 238. The Kier molecular flexibility index (Phi) is 6.29. The molecule has 0 aromatic carbocycles. The standard InChI is InChI=1S/C12H25N3O2/c1-2-10(7-12(13)15-17)14-8-9-3-5-11(16)6-4-9/h9-11,14,16-17H,2-8H2,1H3,(H2,13,15). The first-order valence-corrected chi connectivity index (χ1v) is 6.53. The van der Waals surface area contributed by atoms with Gasteiger partial charge in [-0.05, 0) is 44.6 Å². The first-order valence-electron chi connectivity index (χ1n) is 6.53. The first kappa shape index (κ1) is 14.3. The van der Waals surface area contributed by atoms with E-state index in [2.05, 4.69) is 17.4 Å². The molecular formula is C12H25N3O2. The van der Waals surface area contributed by atoms with E-state index in [0.717, 1.165) is 38.6 Å². The Morgan fingerprint density at radius 2 is 2.06 bits per heavy atom. The van der Waals surface area contributed by atoms with Crippen molar-refractivity contribution in [2.75, 3.05) is 6.54 Å². The molecule has 1 aliphatic rings. The van der Waals surface area contributed by atoms with Gasteiger partial charge in [-0.2, -0.15) is 0 Å². The highest BCUT2D eigenvalue weighted by molar-refractivity contribution is 5.80. The molecule has 100 valence electrons. The van der Waals surface area contributed by atoms with Crippen LogP contribution in [0, 0.1) is 5.92 Å². The summed E-state index contributed by atoms with van der Waals surface area (Å²) in [5.41, 5.74) is 5.50. The highest BCUT2D eigenvalue weighted by atomic mass is 16.4. The molecule has 0 amide bonds. The zero-order chi connectivity index (χ0) is 12.7. The predicted octanol–water partition coefficient (Wildman–Crippen LogP) is 1.04. The molecule has 0 radical (unpaired) electrons. The van der Waals surface area contributed by atoms with E-state index < -0.39 is 0 Å². The summed E-state index contributed by atoms with van der Waals surface area (Å²) in [6.45, 7) is 3.05. The summed E-state index contributed by atoms with van der Waals surface area (Å²) >= 11 is 0. The van der Waals surface area contributed by atoms with Crippen LogP contribution in [0.15, 0.2) is 5.16 Å². The summed E-state index contributed by atoms with van der Waals surface area (Å²) in [6.07, 6.45) is 5.48. The Labute approximate surface area is 103 Å². The number of nitrogens with zero attached hydrogens (tertiary/aromatic N) is 1. The van der Waals surface area contributed by atoms with E-state index in [4.69, 9.17) is 10.9 Å². The Morgan fingerprint density at radius 1 is 1.41 bits per heavy atom. The van der Waals surface area contributed by atoms with Crippen molar-refractivity contribution in [2.24, 2.45) is 16.8 Å². The quantitative estimate of drug-likeness (QED) is 0.243. The number of nitrogens with two attached hydrogens (primary N) is 1. The smallest absolute Gasteiger partial charge is 0.140 e. The van der Waals surface area contributed by atoms with E-state index in [1.807, 2.05) is 0 Å². The van der Waals surface area contributed by atoms with Crippen molar-refractivity contribution in [1.29, 1.82) is 0 Å². The second kappa shape index (κ2) is 7.50. The maximum atomic E-state index is 9.42. The highest BCUT2D eigenvalue weighted by Crippen LogP contribution is 2.23. The molecule has 5 heteroatoms. The van der Waals surface area contributed by atoms with Gasteiger partial charge in [0.05, 0.1) is 6.10 Å². The number of aliphatic hydroxyl groups excluding tert-OH is 1. The summed E-state index contributed by atoms with van der Waals surface area (Å²) in [5, 5.41) is 24.4. The number of amidine groups is 1. The molecule has 1 atom stereocenters. The number of rotatable bonds is 6. The zero-order valence-electron chi connectivity index (χ0n) is 10.6. The molecule has 1 rings (SSSR count). The molecule has 0 aliphatic heterocycles. The van der Waals surface area contributed by atoms with Crippen LogP contribution in [0.1, 0.15) is 45.4 Å². The first-order chi connectivity index (χ1) is 8.15. The minimum absolute atomic E-state index is 0.0922. The fourth-order valence-corrected chi connectivity index (χ4v) is 2.34. The molecule has 17 heavy (non-hydrogen) atoms. The average molecular weight is 243 g/mol. The Morgan fingerprint density at radius 3 is 2.59 bits per heavy atom. The lowest BCUT2D eigenvalue weighted by Gasteiger charge is -2.27. The topological polar surface area (TPSA) is 90.9 Å². The van der Waals surface area contributed by atoms with Crippen LogP contribution in [-0.2, 0) is 0 Å². The SMILES string of the molecule is CCC(CC(N)=NO)NCC1CCC(O)CC1. The van der Waals surface area contributed by atoms with Crippen LogP contribution in [0.3, 0.4) is 0 Å². The Hall–Kier alpha value is -0.810. The second-order valence-corrected chi connectivity index (χ2v) is 4.98. The molecule has 1 fully saturated rings. The van der Waals surface area contributed by atoms with Gasteiger partial charge in [-0.15, -0.1) is 0 Å². The van der Waals surface area contributed by atoms with Crippen molar-refractivity contribution >= 4 is 5.84 Å². The fourth-order valence-electron chi connectivity index (χ4n) is 2.34. The molecule has 0 bridgehead atoms. The minimum Gasteiger partial charge on any atom is -0.409 e. The van der Waals surface area contributed by atoms with Gasteiger partial charge in [-0.1, -0.05) is 12.1 Å². The molecule has 1 unspecified atom stereocenters. The maximum absolute atomic E-state index is 9.42. The van der Waals surface area contributed by atoms with Gasteiger partial charge in [0.1, 0.15) is 5.84 Å². The van der Waals surface area contributed by atoms with Gasteiger partial charge in [0.25, 0.3) is 0 Å². The van der Waals surface area contributed by atoms with E-state index in [0.29, 0.717) is 12.3 Å². The van der Waals surface area contributed by atoms with Crippen molar-refractivity contribution < 1.29 is 10.3 Å². The molecule has 0 aromatic heterocycles. The zero-order valence-corrected chi connectivity index (χ0v) is 10.6. The van der Waals surface area contributed by atoms with E-state index in [9.17, 15) is 5.11 Å². The molecule has 0 saturated heterocycles. The van der Waals surface area contributed by atoms with Gasteiger partial charge < -0.3 is 21.4 Å². The van der Waals surface area contributed by atoms with Gasteiger partial charge in [0.15, 0.2) is 0 Å². The molecule has 1 saturated carbocycles. The van der Waals surface area contributed by atoms with Crippen molar-refractivity contribution in [1.82, 2.24) is 5.32 Å². The Balaban J connectivity index is 2.23. The third-order valence-electron chi connectivity index (χ3n) is 3.59. The summed E-state index contributed by atoms with van der Waals surface area (Å²) in [4.78, 5) is 0. The fraction of sp³-hybridized carbons (Fsp3) is 0.917. The molecule has 0 aromatic rings. The normalized spacial score (nSPS) is 28.0. The van der Waals surface area contributed by atoms with Crippen molar-refractivity contribution in [3.63, 3.8) is 0 Å². The number of nitrogens with one attached hydrogen (secondary N) is 1. The lowest BCUT2D eigenvalue weighted by atomic mass is 9.87.